The van der Waals surface area contributed by atoms with Crippen LogP contribution in [0.5, 0.6) is 0 Å². The normalized spacial score (nSPS) is 22.6. The number of sulfone groups is 1. The van der Waals surface area contributed by atoms with Crippen LogP contribution in [-0.2, 0) is 14.6 Å². The lowest BCUT2D eigenvalue weighted by Gasteiger charge is -2.26. The summed E-state index contributed by atoms with van der Waals surface area (Å²) < 4.78 is 22.8. The summed E-state index contributed by atoms with van der Waals surface area (Å²) in [7, 11) is -2.92. The first-order valence-corrected chi connectivity index (χ1v) is 8.02. The molecule has 2 N–H and O–H groups in total. The van der Waals surface area contributed by atoms with Crippen molar-refractivity contribution in [3.8, 4) is 0 Å². The fourth-order valence-corrected chi connectivity index (χ4v) is 3.95. The summed E-state index contributed by atoms with van der Waals surface area (Å²) >= 11 is 0. The Labute approximate surface area is 103 Å². The van der Waals surface area contributed by atoms with Crippen molar-refractivity contribution in [2.45, 2.75) is 38.6 Å². The van der Waals surface area contributed by atoms with Gasteiger partial charge in [-0.25, -0.2) is 8.42 Å². The van der Waals surface area contributed by atoms with Crippen LogP contribution >= 0.6 is 0 Å². The van der Waals surface area contributed by atoms with Crippen LogP contribution in [0, 0.1) is 0 Å². The van der Waals surface area contributed by atoms with E-state index in [1.54, 1.807) is 4.90 Å². The van der Waals surface area contributed by atoms with Gasteiger partial charge in [-0.3, -0.25) is 4.79 Å². The Kier molecular flexibility index (Phi) is 5.39. The molecule has 0 aromatic rings. The summed E-state index contributed by atoms with van der Waals surface area (Å²) in [4.78, 5) is 13.6. The molecule has 1 amide bonds. The number of carbonyl (C=O) groups excluding carboxylic acids is 1. The van der Waals surface area contributed by atoms with E-state index in [0.717, 1.165) is 12.8 Å². The van der Waals surface area contributed by atoms with Gasteiger partial charge in [-0.15, -0.1) is 0 Å². The Morgan fingerprint density at radius 2 is 2.12 bits per heavy atom. The lowest BCUT2D eigenvalue weighted by molar-refractivity contribution is -0.132. The van der Waals surface area contributed by atoms with Crippen molar-refractivity contribution in [1.29, 1.82) is 0 Å². The quantitative estimate of drug-likeness (QED) is 0.691. The summed E-state index contributed by atoms with van der Waals surface area (Å²) in [6.45, 7) is 3.07. The van der Waals surface area contributed by atoms with E-state index in [9.17, 15) is 13.2 Å². The standard InChI is InChI=1S/C11H22N2O3S/c1-2-13(11(14)5-3-4-7-12)10-6-8-17(15,16)9-10/h10H,2-9,12H2,1H3. The van der Waals surface area contributed by atoms with Crippen LogP contribution in [0.2, 0.25) is 0 Å². The molecule has 0 spiro atoms. The lowest BCUT2D eigenvalue weighted by atomic mass is 10.1. The van der Waals surface area contributed by atoms with Gasteiger partial charge >= 0.3 is 0 Å². The molecule has 1 saturated heterocycles. The van der Waals surface area contributed by atoms with Gasteiger partial charge in [0.25, 0.3) is 0 Å². The summed E-state index contributed by atoms with van der Waals surface area (Å²) in [6, 6.07) is -0.115. The third-order valence-corrected chi connectivity index (χ3v) is 4.91. The highest BCUT2D eigenvalue weighted by atomic mass is 32.2. The number of carbonyl (C=O) groups is 1. The van der Waals surface area contributed by atoms with Gasteiger partial charge in [-0.2, -0.15) is 0 Å². The first-order chi connectivity index (χ1) is 8.00. The fraction of sp³-hybridized carbons (Fsp3) is 0.909. The largest absolute Gasteiger partial charge is 0.339 e. The third kappa shape index (κ3) is 4.27. The van der Waals surface area contributed by atoms with Gasteiger partial charge in [0.1, 0.15) is 0 Å². The monoisotopic (exact) mass is 262 g/mol. The molecular formula is C11H22N2O3S. The number of unbranched alkanes of at least 4 members (excludes halogenated alkanes) is 1. The zero-order chi connectivity index (χ0) is 12.9. The highest BCUT2D eigenvalue weighted by Gasteiger charge is 2.33. The topological polar surface area (TPSA) is 80.5 Å². The molecule has 0 aliphatic carbocycles. The number of amides is 1. The maximum Gasteiger partial charge on any atom is 0.222 e. The van der Waals surface area contributed by atoms with E-state index in [1.807, 2.05) is 6.92 Å². The first-order valence-electron chi connectivity index (χ1n) is 6.20. The van der Waals surface area contributed by atoms with E-state index in [1.165, 1.54) is 0 Å². The summed E-state index contributed by atoms with van der Waals surface area (Å²) in [5.74, 6) is 0.399. The van der Waals surface area contributed by atoms with Crippen LogP contribution < -0.4 is 5.73 Å². The van der Waals surface area contributed by atoms with E-state index >= 15 is 0 Å². The molecular weight excluding hydrogens is 240 g/mol. The summed E-state index contributed by atoms with van der Waals surface area (Å²) in [6.07, 6.45) is 2.68. The predicted molar refractivity (Wildman–Crippen MR) is 67.4 cm³/mol. The number of nitrogens with two attached hydrogens (primary N) is 1. The molecule has 1 rings (SSSR count). The van der Waals surface area contributed by atoms with Crippen LogP contribution in [0.3, 0.4) is 0 Å². The number of nitrogens with zero attached hydrogens (tertiary/aromatic N) is 1. The van der Waals surface area contributed by atoms with E-state index in [-0.39, 0.29) is 23.5 Å². The van der Waals surface area contributed by atoms with E-state index in [4.69, 9.17) is 5.73 Å². The highest BCUT2D eigenvalue weighted by Crippen LogP contribution is 2.18. The van der Waals surface area contributed by atoms with E-state index in [0.29, 0.717) is 25.9 Å². The Hall–Kier alpha value is -0.620. The third-order valence-electron chi connectivity index (χ3n) is 3.15. The van der Waals surface area contributed by atoms with Gasteiger partial charge in [0, 0.05) is 19.0 Å². The zero-order valence-electron chi connectivity index (χ0n) is 10.4. The molecule has 0 aromatic heterocycles. The molecule has 17 heavy (non-hydrogen) atoms. The van der Waals surface area contributed by atoms with Gasteiger partial charge in [-0.1, -0.05) is 0 Å². The fourth-order valence-electron chi connectivity index (χ4n) is 2.22. The Morgan fingerprint density at radius 3 is 2.59 bits per heavy atom. The smallest absolute Gasteiger partial charge is 0.222 e. The van der Waals surface area contributed by atoms with Gasteiger partial charge in [0.2, 0.25) is 5.91 Å². The molecule has 1 heterocycles. The van der Waals surface area contributed by atoms with Gasteiger partial charge in [0.15, 0.2) is 9.84 Å². The number of hydrogen-bond donors (Lipinski definition) is 1. The van der Waals surface area contributed by atoms with Crippen molar-refractivity contribution in [1.82, 2.24) is 4.90 Å². The van der Waals surface area contributed by atoms with Crippen molar-refractivity contribution in [2.24, 2.45) is 5.73 Å². The lowest BCUT2D eigenvalue weighted by Crippen LogP contribution is -2.40. The highest BCUT2D eigenvalue weighted by molar-refractivity contribution is 7.91. The molecule has 5 nitrogen and oxygen atoms in total. The van der Waals surface area contributed by atoms with Crippen molar-refractivity contribution in [3.05, 3.63) is 0 Å². The van der Waals surface area contributed by atoms with E-state index < -0.39 is 9.84 Å². The Morgan fingerprint density at radius 1 is 1.41 bits per heavy atom. The molecule has 1 unspecified atom stereocenters. The summed E-state index contributed by atoms with van der Waals surface area (Å²) in [5, 5.41) is 0. The predicted octanol–water partition coefficient (Wildman–Crippen LogP) is 0.151. The minimum Gasteiger partial charge on any atom is -0.339 e. The molecule has 0 radical (unpaired) electrons. The number of rotatable bonds is 6. The molecule has 0 aromatic carbocycles. The zero-order valence-corrected chi connectivity index (χ0v) is 11.2. The Bertz CT molecular complexity index is 354. The second kappa shape index (κ2) is 6.35. The molecule has 1 aliphatic rings. The van der Waals surface area contributed by atoms with Crippen LogP contribution in [0.25, 0.3) is 0 Å². The van der Waals surface area contributed by atoms with Crippen LogP contribution in [0.15, 0.2) is 0 Å². The van der Waals surface area contributed by atoms with Crippen molar-refractivity contribution >= 4 is 15.7 Å². The molecule has 1 atom stereocenters. The minimum absolute atomic E-state index is 0.0584. The van der Waals surface area contributed by atoms with E-state index in [2.05, 4.69) is 0 Å². The van der Waals surface area contributed by atoms with Crippen molar-refractivity contribution < 1.29 is 13.2 Å². The molecule has 1 fully saturated rings. The molecule has 0 bridgehead atoms. The van der Waals surface area contributed by atoms with Crippen LogP contribution in [0.4, 0.5) is 0 Å². The van der Waals surface area contributed by atoms with Gasteiger partial charge in [0.05, 0.1) is 11.5 Å². The SMILES string of the molecule is CCN(C(=O)CCCCN)C1CCS(=O)(=O)C1. The molecule has 1 aliphatic heterocycles. The summed E-state index contributed by atoms with van der Waals surface area (Å²) in [5.41, 5.74) is 5.38. The van der Waals surface area contributed by atoms with Gasteiger partial charge in [-0.05, 0) is 32.7 Å². The number of hydrogen-bond acceptors (Lipinski definition) is 4. The molecule has 6 heteroatoms. The van der Waals surface area contributed by atoms with Crippen LogP contribution in [0.1, 0.15) is 32.6 Å². The van der Waals surface area contributed by atoms with Crippen molar-refractivity contribution in [3.63, 3.8) is 0 Å². The average molecular weight is 262 g/mol. The van der Waals surface area contributed by atoms with Crippen molar-refractivity contribution in [2.75, 3.05) is 24.6 Å². The van der Waals surface area contributed by atoms with Gasteiger partial charge < -0.3 is 10.6 Å². The minimum atomic E-state index is -2.92. The maximum absolute atomic E-state index is 11.9. The average Bonchev–Trinajstić information content (AvgIpc) is 2.60. The van der Waals surface area contributed by atoms with Crippen LogP contribution in [-0.4, -0.2) is 49.9 Å². The second-order valence-electron chi connectivity index (χ2n) is 4.48. The molecule has 0 saturated carbocycles. The Balaban J connectivity index is 2.50. The molecule has 100 valence electrons. The first kappa shape index (κ1) is 14.4. The second-order valence-corrected chi connectivity index (χ2v) is 6.71. The maximum atomic E-state index is 11.9.